The third-order valence-corrected chi connectivity index (χ3v) is 5.75. The molecule has 1 amide bonds. The molecular weight excluding hydrogens is 461 g/mol. The van der Waals surface area contributed by atoms with Crippen LogP contribution in [0.5, 0.6) is 5.75 Å². The molecule has 0 aliphatic carbocycles. The van der Waals surface area contributed by atoms with Gasteiger partial charge in [-0.25, -0.2) is 9.97 Å². The number of nitrogens with one attached hydrogen (secondary N) is 2. The Bertz CT molecular complexity index is 1260. The van der Waals surface area contributed by atoms with Gasteiger partial charge in [-0.1, -0.05) is 0 Å². The van der Waals surface area contributed by atoms with Crippen molar-refractivity contribution in [1.82, 2.24) is 25.2 Å². The Morgan fingerprint density at radius 1 is 1.29 bits per heavy atom. The highest BCUT2D eigenvalue weighted by atomic mass is 19.4. The smallest absolute Gasteiger partial charge is 0.419 e. The number of carbonyl (C=O) groups excluding carboxylic acids is 1. The summed E-state index contributed by atoms with van der Waals surface area (Å²) in [6, 6.07) is 7.29. The molecule has 0 radical (unpaired) electrons. The molecule has 1 saturated heterocycles. The zero-order valence-corrected chi connectivity index (χ0v) is 19.2. The monoisotopic (exact) mass is 486 g/mol. The number of ether oxygens (including phenoxy) is 1. The van der Waals surface area contributed by atoms with E-state index in [4.69, 9.17) is 4.74 Å². The minimum Gasteiger partial charge on any atom is -0.493 e. The maximum Gasteiger partial charge on any atom is 0.419 e. The number of nitriles is 1. The van der Waals surface area contributed by atoms with Crippen LogP contribution in [-0.4, -0.2) is 52.0 Å². The second-order valence-electron chi connectivity index (χ2n) is 8.20. The predicted octanol–water partition coefficient (Wildman–Crippen LogP) is 4.02. The number of hydrogen-bond acceptors (Lipinski definition) is 6. The van der Waals surface area contributed by atoms with Gasteiger partial charge in [-0.3, -0.25) is 4.79 Å². The summed E-state index contributed by atoms with van der Waals surface area (Å²) in [4.78, 5) is 25.3. The number of fused-ring (bicyclic) bond motifs is 1. The van der Waals surface area contributed by atoms with Crippen molar-refractivity contribution in [3.8, 4) is 23.1 Å². The highest BCUT2D eigenvalue weighted by Crippen LogP contribution is 2.39. The molecule has 0 spiro atoms. The van der Waals surface area contributed by atoms with Gasteiger partial charge in [0, 0.05) is 25.1 Å². The quantitative estimate of drug-likeness (QED) is 0.443. The number of H-pyrrole nitrogens is 1. The van der Waals surface area contributed by atoms with Crippen LogP contribution in [0.25, 0.3) is 22.3 Å². The average molecular weight is 486 g/mol. The Labute approximate surface area is 200 Å². The van der Waals surface area contributed by atoms with Crippen LogP contribution in [0.15, 0.2) is 24.3 Å². The highest BCUT2D eigenvalue weighted by Gasteiger charge is 2.35. The number of amides is 1. The first-order valence-corrected chi connectivity index (χ1v) is 11.4. The van der Waals surface area contributed by atoms with Crippen LogP contribution < -0.4 is 10.1 Å². The molecule has 1 aromatic carbocycles. The SMILES string of the molecule is CCOc1ccc(-c2cc3[nH]c(CNCCCN4CCCC4=O)nc3c(C#N)n2)cc1C(F)(F)F. The average Bonchev–Trinajstić information content (AvgIpc) is 3.43. The summed E-state index contributed by atoms with van der Waals surface area (Å²) in [5, 5.41) is 12.8. The molecule has 3 aromatic rings. The number of alkyl halides is 3. The molecule has 0 saturated carbocycles. The lowest BCUT2D eigenvalue weighted by molar-refractivity contribution is -0.138. The number of nitrogens with zero attached hydrogens (tertiary/aromatic N) is 4. The fraction of sp³-hybridized carbons (Fsp3) is 0.417. The second-order valence-corrected chi connectivity index (χ2v) is 8.20. The van der Waals surface area contributed by atoms with Crippen molar-refractivity contribution in [2.75, 3.05) is 26.2 Å². The topological polar surface area (TPSA) is 107 Å². The molecule has 8 nitrogen and oxygen atoms in total. The van der Waals surface area contributed by atoms with Gasteiger partial charge < -0.3 is 19.9 Å². The van der Waals surface area contributed by atoms with E-state index >= 15 is 0 Å². The van der Waals surface area contributed by atoms with Gasteiger partial charge in [0.25, 0.3) is 0 Å². The Morgan fingerprint density at radius 3 is 2.80 bits per heavy atom. The van der Waals surface area contributed by atoms with Crippen LogP contribution in [-0.2, 0) is 17.5 Å². The molecule has 11 heteroatoms. The molecule has 2 N–H and O–H groups in total. The van der Waals surface area contributed by atoms with Gasteiger partial charge in [-0.05, 0) is 50.6 Å². The molecule has 1 aliphatic rings. The van der Waals surface area contributed by atoms with E-state index in [0.29, 0.717) is 42.9 Å². The molecule has 0 unspecified atom stereocenters. The summed E-state index contributed by atoms with van der Waals surface area (Å²) in [5.74, 6) is 0.522. The van der Waals surface area contributed by atoms with Gasteiger partial charge >= 0.3 is 6.18 Å². The van der Waals surface area contributed by atoms with Crippen LogP contribution in [0, 0.1) is 11.3 Å². The number of pyridine rings is 1. The van der Waals surface area contributed by atoms with E-state index in [0.717, 1.165) is 25.5 Å². The van der Waals surface area contributed by atoms with Gasteiger partial charge in [0.15, 0.2) is 5.69 Å². The predicted molar refractivity (Wildman–Crippen MR) is 122 cm³/mol. The van der Waals surface area contributed by atoms with Crippen molar-refractivity contribution >= 4 is 16.9 Å². The summed E-state index contributed by atoms with van der Waals surface area (Å²) in [7, 11) is 0. The van der Waals surface area contributed by atoms with E-state index in [-0.39, 0.29) is 35.2 Å². The molecule has 1 aliphatic heterocycles. The number of halogens is 3. The lowest BCUT2D eigenvalue weighted by Crippen LogP contribution is -2.28. The molecule has 0 bridgehead atoms. The Hall–Kier alpha value is -3.65. The van der Waals surface area contributed by atoms with Gasteiger partial charge in [0.1, 0.15) is 23.2 Å². The lowest BCUT2D eigenvalue weighted by Gasteiger charge is -2.14. The highest BCUT2D eigenvalue weighted by molar-refractivity contribution is 5.84. The van der Waals surface area contributed by atoms with Crippen molar-refractivity contribution in [2.24, 2.45) is 0 Å². The Kier molecular flexibility index (Phi) is 7.21. The number of aromatic amines is 1. The van der Waals surface area contributed by atoms with Crippen LogP contribution in [0.3, 0.4) is 0 Å². The zero-order chi connectivity index (χ0) is 25.0. The summed E-state index contributed by atoms with van der Waals surface area (Å²) >= 11 is 0. The number of hydrogen-bond donors (Lipinski definition) is 2. The molecule has 3 heterocycles. The minimum absolute atomic E-state index is 0.0231. The minimum atomic E-state index is -4.60. The van der Waals surface area contributed by atoms with Crippen molar-refractivity contribution in [1.29, 1.82) is 5.26 Å². The second kappa shape index (κ2) is 10.3. The molecule has 1 fully saturated rings. The van der Waals surface area contributed by atoms with E-state index < -0.39 is 11.7 Å². The Balaban J connectivity index is 1.51. The van der Waals surface area contributed by atoms with E-state index in [1.54, 1.807) is 13.0 Å². The first-order valence-electron chi connectivity index (χ1n) is 11.4. The third-order valence-electron chi connectivity index (χ3n) is 5.75. The number of rotatable bonds is 9. The number of imidazole rings is 1. The van der Waals surface area contributed by atoms with Crippen LogP contribution in [0.4, 0.5) is 13.2 Å². The number of likely N-dealkylation sites (tertiary alicyclic amines) is 1. The lowest BCUT2D eigenvalue weighted by atomic mass is 10.1. The fourth-order valence-corrected chi connectivity index (χ4v) is 4.11. The van der Waals surface area contributed by atoms with Crippen molar-refractivity contribution in [3.05, 3.63) is 41.3 Å². The van der Waals surface area contributed by atoms with Crippen molar-refractivity contribution in [2.45, 2.75) is 38.9 Å². The standard InChI is InChI=1S/C24H25F3N6O2/c1-2-35-20-7-6-15(11-16(20)24(25,26)27)17-12-18-23(19(13-28)30-17)32-21(31-18)14-29-8-4-10-33-9-3-5-22(33)34/h6-7,11-12,29H,2-5,8-10,14H2,1H3,(H,31,32). The normalized spacial score (nSPS) is 14.0. The molecule has 0 atom stereocenters. The van der Waals surface area contributed by atoms with E-state index in [1.165, 1.54) is 12.1 Å². The first-order chi connectivity index (χ1) is 16.8. The van der Waals surface area contributed by atoms with Crippen LogP contribution in [0.2, 0.25) is 0 Å². The zero-order valence-electron chi connectivity index (χ0n) is 19.2. The fourth-order valence-electron chi connectivity index (χ4n) is 4.11. The van der Waals surface area contributed by atoms with Crippen molar-refractivity contribution < 1.29 is 22.7 Å². The maximum atomic E-state index is 13.6. The molecule has 35 heavy (non-hydrogen) atoms. The van der Waals surface area contributed by atoms with Gasteiger partial charge in [-0.15, -0.1) is 0 Å². The number of aromatic nitrogens is 3. The first kappa shape index (κ1) is 24.5. The third kappa shape index (κ3) is 5.54. The molecule has 184 valence electrons. The summed E-state index contributed by atoms with van der Waals surface area (Å²) in [6.07, 6.45) is -2.26. The van der Waals surface area contributed by atoms with Crippen LogP contribution in [0.1, 0.15) is 43.3 Å². The Morgan fingerprint density at radius 2 is 2.11 bits per heavy atom. The largest absolute Gasteiger partial charge is 0.493 e. The van der Waals surface area contributed by atoms with Gasteiger partial charge in [0.05, 0.1) is 29.9 Å². The summed E-state index contributed by atoms with van der Waals surface area (Å²) in [6.45, 7) is 4.33. The van der Waals surface area contributed by atoms with Gasteiger partial charge in [0.2, 0.25) is 5.91 Å². The number of benzene rings is 1. The van der Waals surface area contributed by atoms with E-state index in [2.05, 4.69) is 20.3 Å². The summed E-state index contributed by atoms with van der Waals surface area (Å²) in [5.41, 5.74) is 0.425. The van der Waals surface area contributed by atoms with E-state index in [1.807, 2.05) is 11.0 Å². The molecule has 2 aromatic heterocycles. The maximum absolute atomic E-state index is 13.6. The van der Waals surface area contributed by atoms with Gasteiger partial charge in [-0.2, -0.15) is 18.4 Å². The van der Waals surface area contributed by atoms with E-state index in [9.17, 15) is 23.2 Å². The number of carbonyl (C=O) groups is 1. The van der Waals surface area contributed by atoms with Crippen molar-refractivity contribution in [3.63, 3.8) is 0 Å². The molecule has 4 rings (SSSR count). The van der Waals surface area contributed by atoms with Crippen LogP contribution >= 0.6 is 0 Å². The summed E-state index contributed by atoms with van der Waals surface area (Å²) < 4.78 is 45.8. The molecular formula is C24H25F3N6O2.